The van der Waals surface area contributed by atoms with Gasteiger partial charge in [-0.2, -0.15) is 0 Å². The van der Waals surface area contributed by atoms with Crippen LogP contribution < -0.4 is 0 Å². The molecule has 0 aliphatic carbocycles. The predicted molar refractivity (Wildman–Crippen MR) is 51.2 cm³/mol. The minimum absolute atomic E-state index is 1.10. The highest BCUT2D eigenvalue weighted by atomic mass is 15.1. The third kappa shape index (κ3) is 4.02. The van der Waals surface area contributed by atoms with Gasteiger partial charge < -0.3 is 4.90 Å². The van der Waals surface area contributed by atoms with Gasteiger partial charge in [-0.1, -0.05) is 13.8 Å². The normalized spacial score (nSPS) is 11.8. The number of nitrogens with zero attached hydrogens (tertiary/aromatic N) is 2. The lowest BCUT2D eigenvalue weighted by Crippen LogP contribution is -2.27. The van der Waals surface area contributed by atoms with Gasteiger partial charge >= 0.3 is 0 Å². The highest BCUT2D eigenvalue weighted by Crippen LogP contribution is 1.97. The molecule has 0 fully saturated rings. The maximum atomic E-state index is 4.24. The Morgan fingerprint density at radius 2 is 1.91 bits per heavy atom. The van der Waals surface area contributed by atoms with Gasteiger partial charge in [0.15, 0.2) is 0 Å². The molecule has 11 heavy (non-hydrogen) atoms. The molecule has 0 aliphatic rings. The number of hydrogen-bond donors (Lipinski definition) is 0. The van der Waals surface area contributed by atoms with Crippen molar-refractivity contribution >= 4 is 5.84 Å². The second-order valence-corrected chi connectivity index (χ2v) is 2.81. The zero-order valence-electron chi connectivity index (χ0n) is 8.22. The smallest absolute Gasteiger partial charge is 0.0982 e. The molecule has 0 radical (unpaired) electrons. The molecule has 0 aromatic carbocycles. The van der Waals surface area contributed by atoms with Crippen molar-refractivity contribution in [2.45, 2.75) is 33.1 Å². The zero-order chi connectivity index (χ0) is 8.69. The second-order valence-electron chi connectivity index (χ2n) is 2.81. The van der Waals surface area contributed by atoms with Crippen molar-refractivity contribution in [1.82, 2.24) is 4.90 Å². The van der Waals surface area contributed by atoms with Crippen molar-refractivity contribution in [3.05, 3.63) is 0 Å². The van der Waals surface area contributed by atoms with Crippen LogP contribution in [0.4, 0.5) is 0 Å². The van der Waals surface area contributed by atoms with Crippen molar-refractivity contribution in [3.8, 4) is 0 Å². The Bertz CT molecular complexity index is 119. The topological polar surface area (TPSA) is 15.6 Å². The van der Waals surface area contributed by atoms with Crippen LogP contribution in [0.1, 0.15) is 33.1 Å². The third-order valence-electron chi connectivity index (χ3n) is 1.73. The van der Waals surface area contributed by atoms with Gasteiger partial charge in [0.2, 0.25) is 0 Å². The zero-order valence-corrected chi connectivity index (χ0v) is 8.22. The summed E-state index contributed by atoms with van der Waals surface area (Å²) in [5.74, 6) is 1.23. The van der Waals surface area contributed by atoms with E-state index < -0.39 is 0 Å². The van der Waals surface area contributed by atoms with Crippen molar-refractivity contribution < 1.29 is 0 Å². The molecule has 0 aliphatic heterocycles. The first-order chi connectivity index (χ1) is 5.26. The van der Waals surface area contributed by atoms with Crippen LogP contribution in [0, 0.1) is 0 Å². The van der Waals surface area contributed by atoms with Gasteiger partial charge in [0.05, 0.1) is 5.84 Å². The molecule has 66 valence electrons. The average Bonchev–Trinajstić information content (AvgIpc) is 2.00. The lowest BCUT2D eigenvalue weighted by molar-refractivity contribution is 0.487. The van der Waals surface area contributed by atoms with E-state index in [0.717, 1.165) is 13.0 Å². The molecule has 2 heteroatoms. The summed E-state index contributed by atoms with van der Waals surface area (Å²) in [5.41, 5.74) is 0. The Hall–Kier alpha value is -0.530. The lowest BCUT2D eigenvalue weighted by atomic mass is 10.3. The number of hydrogen-bond acceptors (Lipinski definition) is 1. The highest BCUT2D eigenvalue weighted by molar-refractivity contribution is 5.81. The van der Waals surface area contributed by atoms with E-state index in [2.05, 4.69) is 30.8 Å². The summed E-state index contributed by atoms with van der Waals surface area (Å²) in [7, 11) is 3.98. The molecule has 0 unspecified atom stereocenters. The molecule has 0 N–H and O–H groups in total. The minimum Gasteiger partial charge on any atom is -0.363 e. The number of amidine groups is 1. The molecule has 0 aromatic rings. The van der Waals surface area contributed by atoms with Gasteiger partial charge in [0, 0.05) is 27.1 Å². The molecule has 0 saturated heterocycles. The predicted octanol–water partition coefficient (Wildman–Crippen LogP) is 2.16. The van der Waals surface area contributed by atoms with E-state index in [1.54, 1.807) is 0 Å². The van der Waals surface area contributed by atoms with Gasteiger partial charge in [-0.25, -0.2) is 0 Å². The van der Waals surface area contributed by atoms with E-state index in [4.69, 9.17) is 0 Å². The second kappa shape index (κ2) is 6.20. The summed E-state index contributed by atoms with van der Waals surface area (Å²) < 4.78 is 0. The Morgan fingerprint density at radius 3 is 2.27 bits per heavy atom. The SMILES string of the molecule is CCC/C(=N/C)N(C)CCC. The Kier molecular flexibility index (Phi) is 5.90. The van der Waals surface area contributed by atoms with Gasteiger partial charge in [-0.05, 0) is 12.8 Å². The van der Waals surface area contributed by atoms with Gasteiger partial charge in [-0.15, -0.1) is 0 Å². The van der Waals surface area contributed by atoms with Crippen molar-refractivity contribution in [3.63, 3.8) is 0 Å². The monoisotopic (exact) mass is 156 g/mol. The maximum Gasteiger partial charge on any atom is 0.0982 e. The fourth-order valence-corrected chi connectivity index (χ4v) is 1.16. The molecule has 0 saturated carbocycles. The molecule has 0 aromatic heterocycles. The van der Waals surface area contributed by atoms with E-state index in [-0.39, 0.29) is 0 Å². The van der Waals surface area contributed by atoms with Crippen LogP contribution >= 0.6 is 0 Å². The fourth-order valence-electron chi connectivity index (χ4n) is 1.16. The molecule has 0 rings (SSSR count). The summed E-state index contributed by atoms with van der Waals surface area (Å²) in [4.78, 5) is 6.48. The van der Waals surface area contributed by atoms with Crippen molar-refractivity contribution in [1.29, 1.82) is 0 Å². The summed E-state index contributed by atoms with van der Waals surface area (Å²) in [6.07, 6.45) is 3.48. The average molecular weight is 156 g/mol. The Labute approximate surface area is 70.3 Å². The first kappa shape index (κ1) is 10.5. The van der Waals surface area contributed by atoms with Crippen LogP contribution in [0.25, 0.3) is 0 Å². The minimum atomic E-state index is 1.10. The molecular weight excluding hydrogens is 136 g/mol. The highest BCUT2D eigenvalue weighted by Gasteiger charge is 2.01. The van der Waals surface area contributed by atoms with Crippen LogP contribution in [0.3, 0.4) is 0 Å². The maximum absolute atomic E-state index is 4.24. The first-order valence-electron chi connectivity index (χ1n) is 4.43. The Morgan fingerprint density at radius 1 is 1.27 bits per heavy atom. The van der Waals surface area contributed by atoms with E-state index in [1.807, 2.05) is 7.05 Å². The van der Waals surface area contributed by atoms with Crippen molar-refractivity contribution in [2.75, 3.05) is 20.6 Å². The summed E-state index contributed by atoms with van der Waals surface area (Å²) in [5, 5.41) is 0. The lowest BCUT2D eigenvalue weighted by Gasteiger charge is -2.19. The molecule has 0 spiro atoms. The third-order valence-corrected chi connectivity index (χ3v) is 1.73. The van der Waals surface area contributed by atoms with Crippen LogP contribution in [0.5, 0.6) is 0 Å². The van der Waals surface area contributed by atoms with E-state index in [0.29, 0.717) is 0 Å². The quantitative estimate of drug-likeness (QED) is 0.450. The molecule has 0 bridgehead atoms. The molecule has 0 amide bonds. The molecule has 2 nitrogen and oxygen atoms in total. The number of aliphatic imine (C=N–C) groups is 1. The standard InChI is InChI=1S/C9H20N2/c1-5-7-9(10-3)11(4)8-6-2/h5-8H2,1-4H3/b10-9-. The first-order valence-corrected chi connectivity index (χ1v) is 4.43. The summed E-state index contributed by atoms with van der Waals surface area (Å²) in [6.45, 7) is 5.49. The Balaban J connectivity index is 3.82. The van der Waals surface area contributed by atoms with Crippen LogP contribution in [0.2, 0.25) is 0 Å². The van der Waals surface area contributed by atoms with Crippen LogP contribution in [-0.4, -0.2) is 31.4 Å². The fraction of sp³-hybridized carbons (Fsp3) is 0.889. The van der Waals surface area contributed by atoms with Gasteiger partial charge in [0.1, 0.15) is 0 Å². The summed E-state index contributed by atoms with van der Waals surface area (Å²) >= 11 is 0. The van der Waals surface area contributed by atoms with Gasteiger partial charge in [-0.3, -0.25) is 4.99 Å². The van der Waals surface area contributed by atoms with E-state index in [1.165, 1.54) is 18.7 Å². The van der Waals surface area contributed by atoms with E-state index in [9.17, 15) is 0 Å². The van der Waals surface area contributed by atoms with Crippen molar-refractivity contribution in [2.24, 2.45) is 4.99 Å². The van der Waals surface area contributed by atoms with Crippen LogP contribution in [0.15, 0.2) is 4.99 Å². The van der Waals surface area contributed by atoms with Crippen LogP contribution in [-0.2, 0) is 0 Å². The molecule has 0 atom stereocenters. The summed E-state index contributed by atoms with van der Waals surface area (Å²) in [6, 6.07) is 0. The largest absolute Gasteiger partial charge is 0.363 e. The van der Waals surface area contributed by atoms with E-state index >= 15 is 0 Å². The number of rotatable bonds is 4. The van der Waals surface area contributed by atoms with Gasteiger partial charge in [0.25, 0.3) is 0 Å². The molecular formula is C9H20N2. The molecule has 0 heterocycles.